The quantitative estimate of drug-likeness (QED) is 0.463. The monoisotopic (exact) mass is 481 g/mol. The van der Waals surface area contributed by atoms with Crippen LogP contribution in [0.4, 0.5) is 22.4 Å². The van der Waals surface area contributed by atoms with Crippen LogP contribution in [0.5, 0.6) is 11.5 Å². The van der Waals surface area contributed by atoms with Crippen LogP contribution in [0.15, 0.2) is 59.7 Å². The molecular weight excluding hydrogens is 462 g/mol. The number of rotatable bonds is 3. The van der Waals surface area contributed by atoms with E-state index in [0.29, 0.717) is 0 Å². The van der Waals surface area contributed by atoms with Gasteiger partial charge < -0.3 is 14.4 Å². The van der Waals surface area contributed by atoms with E-state index in [1.807, 2.05) is 37.3 Å². The van der Waals surface area contributed by atoms with Crippen molar-refractivity contribution in [3.8, 4) is 17.2 Å². The van der Waals surface area contributed by atoms with E-state index >= 15 is 0 Å². The molecule has 0 bridgehead atoms. The zero-order valence-corrected chi connectivity index (χ0v) is 18.6. The van der Waals surface area contributed by atoms with Gasteiger partial charge in [0.15, 0.2) is 16.3 Å². The lowest BCUT2D eigenvalue weighted by molar-refractivity contribution is -0.391. The highest BCUT2D eigenvalue weighted by molar-refractivity contribution is 7.09. The number of thiazole rings is 1. The number of carbonyl (C=O) groups excluding carboxylic acids is 1. The van der Waals surface area contributed by atoms with Gasteiger partial charge in [0.2, 0.25) is 0 Å². The molecular formula is C22H19F4N3O3S. The minimum atomic E-state index is -4.83. The van der Waals surface area contributed by atoms with Gasteiger partial charge in [0.25, 0.3) is 0 Å². The first kappa shape index (κ1) is 22.8. The molecule has 1 atom stereocenters. The third kappa shape index (κ3) is 4.32. The molecule has 0 saturated carbocycles. The summed E-state index contributed by atoms with van der Waals surface area (Å²) < 4.78 is 63.8. The molecule has 0 unspecified atom stereocenters. The number of hydrogen-bond acceptors (Lipinski definition) is 4. The highest BCUT2D eigenvalue weighted by Gasteiger charge is 2.65. The van der Waals surface area contributed by atoms with Gasteiger partial charge in [-0.1, -0.05) is 30.3 Å². The zero-order chi connectivity index (χ0) is 24.0. The number of amides is 2. The van der Waals surface area contributed by atoms with Crippen molar-refractivity contribution in [2.45, 2.75) is 32.1 Å². The average molecular weight is 481 g/mol. The first-order valence-electron chi connectivity index (χ1n) is 9.82. The van der Waals surface area contributed by atoms with Crippen LogP contribution in [-0.2, 0) is 0 Å². The maximum absolute atomic E-state index is 13.6. The van der Waals surface area contributed by atoms with Crippen LogP contribution in [0, 0.1) is 6.92 Å². The number of urea groups is 1. The van der Waals surface area contributed by atoms with Crippen molar-refractivity contribution >= 4 is 17.4 Å². The van der Waals surface area contributed by atoms with Gasteiger partial charge in [0.1, 0.15) is 0 Å². The summed E-state index contributed by atoms with van der Waals surface area (Å²) in [4.78, 5) is 19.6. The number of halogens is 4. The van der Waals surface area contributed by atoms with Gasteiger partial charge >= 0.3 is 18.2 Å². The Hall–Kier alpha value is -3.34. The fraction of sp³-hybridized carbons (Fsp3) is 0.273. The minimum absolute atomic E-state index is 0.241. The molecule has 0 aliphatic carbocycles. The fourth-order valence-corrected chi connectivity index (χ4v) is 4.03. The van der Waals surface area contributed by atoms with Crippen molar-refractivity contribution in [1.82, 2.24) is 9.47 Å². The number of aryl methyl sites for hydroxylation is 1. The fourth-order valence-electron chi connectivity index (χ4n) is 3.21. The van der Waals surface area contributed by atoms with Crippen molar-refractivity contribution in [1.29, 1.82) is 0 Å². The van der Waals surface area contributed by atoms with E-state index in [2.05, 4.69) is 14.5 Å². The maximum Gasteiger partial charge on any atom is 0.507 e. The SMILES string of the molecule is Cc1cn(-c2ccc3c(c2)OC(F)(F)C(F)(F)O3)c(=NC(=O)N(C)[C@H](C)c2ccccc2)s1. The molecule has 0 N–H and O–H groups in total. The van der Waals surface area contributed by atoms with E-state index < -0.39 is 29.7 Å². The molecule has 2 amide bonds. The molecule has 1 aliphatic heterocycles. The smallest absolute Gasteiger partial charge is 0.421 e. The molecule has 0 saturated heterocycles. The van der Waals surface area contributed by atoms with Crippen LogP contribution in [0.25, 0.3) is 5.69 Å². The summed E-state index contributed by atoms with van der Waals surface area (Å²) in [6, 6.07) is 12.3. The van der Waals surface area contributed by atoms with Crippen molar-refractivity contribution in [3.05, 3.63) is 70.0 Å². The van der Waals surface area contributed by atoms with Crippen molar-refractivity contribution in [2.75, 3.05) is 7.05 Å². The highest BCUT2D eigenvalue weighted by atomic mass is 32.1. The minimum Gasteiger partial charge on any atom is -0.421 e. The topological polar surface area (TPSA) is 56.1 Å². The Morgan fingerprint density at radius 3 is 2.36 bits per heavy atom. The second kappa shape index (κ2) is 8.22. The normalized spacial score (nSPS) is 17.5. The Balaban J connectivity index is 1.67. The predicted molar refractivity (Wildman–Crippen MR) is 113 cm³/mol. The lowest BCUT2D eigenvalue weighted by atomic mass is 10.1. The lowest BCUT2D eigenvalue weighted by Crippen LogP contribution is -2.52. The summed E-state index contributed by atoms with van der Waals surface area (Å²) in [6.07, 6.45) is -7.97. The van der Waals surface area contributed by atoms with Gasteiger partial charge in [-0.2, -0.15) is 22.6 Å². The van der Waals surface area contributed by atoms with Crippen molar-refractivity contribution in [3.63, 3.8) is 0 Å². The standard InChI is InChI=1S/C22H19F4N3O3S/c1-13-12-29(16-9-10-17-18(11-16)32-22(25,26)21(23,24)31-17)20(33-13)27-19(30)28(3)14(2)15-7-5-4-6-8-15/h4-12,14H,1-3H3/t14-/m1/s1. The second-order valence-corrected chi connectivity index (χ2v) is 8.67. The molecule has 3 aromatic rings. The van der Waals surface area contributed by atoms with Crippen LogP contribution in [0.1, 0.15) is 23.4 Å². The third-order valence-corrected chi connectivity index (χ3v) is 6.04. The van der Waals surface area contributed by atoms with Gasteiger partial charge in [-0.05, 0) is 31.5 Å². The lowest BCUT2D eigenvalue weighted by Gasteiger charge is -2.31. The molecule has 1 aliphatic rings. The number of alkyl halides is 4. The van der Waals surface area contributed by atoms with Gasteiger partial charge in [-0.3, -0.25) is 4.57 Å². The molecule has 0 radical (unpaired) electrons. The predicted octanol–water partition coefficient (Wildman–Crippen LogP) is 5.52. The van der Waals surface area contributed by atoms with E-state index in [4.69, 9.17) is 0 Å². The van der Waals surface area contributed by atoms with E-state index in [1.54, 1.807) is 20.2 Å². The van der Waals surface area contributed by atoms with Gasteiger partial charge in [-0.15, -0.1) is 11.3 Å². The van der Waals surface area contributed by atoms with Crippen LogP contribution in [0.2, 0.25) is 0 Å². The molecule has 2 heterocycles. The molecule has 0 spiro atoms. The van der Waals surface area contributed by atoms with Crippen molar-refractivity contribution < 1.29 is 31.8 Å². The van der Waals surface area contributed by atoms with Crippen molar-refractivity contribution in [2.24, 2.45) is 4.99 Å². The number of benzene rings is 2. The Labute approximate surface area is 190 Å². The van der Waals surface area contributed by atoms with Gasteiger partial charge in [0, 0.05) is 24.2 Å². The summed E-state index contributed by atoms with van der Waals surface area (Å²) in [7, 11) is 1.63. The Kier molecular flexibility index (Phi) is 5.69. The van der Waals surface area contributed by atoms with Crippen LogP contribution >= 0.6 is 11.3 Å². The van der Waals surface area contributed by atoms with Crippen LogP contribution < -0.4 is 14.3 Å². The molecule has 2 aromatic carbocycles. The van der Waals surface area contributed by atoms with Crippen LogP contribution in [0.3, 0.4) is 0 Å². The Bertz CT molecular complexity index is 1260. The third-order valence-electron chi connectivity index (χ3n) is 5.15. The molecule has 4 rings (SSSR count). The molecule has 0 fully saturated rings. The van der Waals surface area contributed by atoms with Gasteiger partial charge in [-0.25, -0.2) is 4.79 Å². The zero-order valence-electron chi connectivity index (χ0n) is 17.8. The van der Waals surface area contributed by atoms with E-state index in [9.17, 15) is 22.4 Å². The Morgan fingerprint density at radius 1 is 1.06 bits per heavy atom. The Morgan fingerprint density at radius 2 is 1.70 bits per heavy atom. The summed E-state index contributed by atoms with van der Waals surface area (Å²) in [5.74, 6) is -1.07. The second-order valence-electron chi connectivity index (χ2n) is 7.46. The number of aromatic nitrogens is 1. The number of carbonyl (C=O) groups is 1. The highest BCUT2D eigenvalue weighted by Crippen LogP contribution is 2.47. The maximum atomic E-state index is 13.6. The average Bonchev–Trinajstić information content (AvgIpc) is 3.13. The summed E-state index contributed by atoms with van der Waals surface area (Å²) >= 11 is 1.21. The van der Waals surface area contributed by atoms with E-state index in [1.165, 1.54) is 26.9 Å². The van der Waals surface area contributed by atoms with E-state index in [-0.39, 0.29) is 16.5 Å². The summed E-state index contributed by atoms with van der Waals surface area (Å²) in [5, 5.41) is 0. The van der Waals surface area contributed by atoms with E-state index in [0.717, 1.165) is 22.6 Å². The number of ether oxygens (including phenoxy) is 2. The molecule has 11 heteroatoms. The molecule has 174 valence electrons. The molecule has 1 aromatic heterocycles. The number of fused-ring (bicyclic) bond motifs is 1. The molecule has 33 heavy (non-hydrogen) atoms. The summed E-state index contributed by atoms with van der Waals surface area (Å²) in [6.45, 7) is 3.65. The van der Waals surface area contributed by atoms with Gasteiger partial charge in [0.05, 0.1) is 11.7 Å². The van der Waals surface area contributed by atoms with Crippen LogP contribution in [-0.4, -0.2) is 34.8 Å². The summed E-state index contributed by atoms with van der Waals surface area (Å²) in [5.41, 5.74) is 1.22. The largest absolute Gasteiger partial charge is 0.507 e. The molecule has 6 nitrogen and oxygen atoms in total. The first-order chi connectivity index (χ1) is 15.5. The number of nitrogens with zero attached hydrogens (tertiary/aromatic N) is 3. The first-order valence-corrected chi connectivity index (χ1v) is 10.6. The number of hydrogen-bond donors (Lipinski definition) is 0.